The Morgan fingerprint density at radius 3 is 2.79 bits per heavy atom. The van der Waals surface area contributed by atoms with Gasteiger partial charge in [-0.2, -0.15) is 0 Å². The van der Waals surface area contributed by atoms with Gasteiger partial charge < -0.3 is 15.1 Å². The van der Waals surface area contributed by atoms with Crippen LogP contribution in [0, 0.1) is 0 Å². The third kappa shape index (κ3) is 3.41. The number of hydrogen-bond donors (Lipinski definition) is 3. The molecule has 0 bridgehead atoms. The van der Waals surface area contributed by atoms with Crippen molar-refractivity contribution in [3.05, 3.63) is 24.0 Å². The van der Waals surface area contributed by atoms with Gasteiger partial charge in [-0.1, -0.05) is 0 Å². The first-order valence-corrected chi connectivity index (χ1v) is 5.99. The van der Waals surface area contributed by atoms with Gasteiger partial charge >= 0.3 is 6.09 Å². The minimum absolute atomic E-state index is 0.241. The monoisotopic (exact) mass is 265 g/mol. The van der Waals surface area contributed by atoms with Crippen LogP contribution < -0.4 is 5.32 Å². The summed E-state index contributed by atoms with van der Waals surface area (Å²) in [7, 11) is 0. The summed E-state index contributed by atoms with van der Waals surface area (Å²) in [6, 6.07) is 2.95. The molecule has 2 rings (SSSR count). The highest BCUT2D eigenvalue weighted by Crippen LogP contribution is 2.14. The summed E-state index contributed by atoms with van der Waals surface area (Å²) >= 11 is 0. The molecule has 1 saturated heterocycles. The maximum absolute atomic E-state index is 12.1. The lowest BCUT2D eigenvalue weighted by Gasteiger charge is -2.29. The summed E-state index contributed by atoms with van der Waals surface area (Å²) < 4.78 is 0. The van der Waals surface area contributed by atoms with E-state index in [0.29, 0.717) is 25.2 Å². The van der Waals surface area contributed by atoms with Crippen LogP contribution in [0.4, 0.5) is 10.5 Å². The van der Waals surface area contributed by atoms with E-state index < -0.39 is 12.2 Å². The number of nitrogens with one attached hydrogen (secondary N) is 1. The molecule has 1 fully saturated rings. The van der Waals surface area contributed by atoms with Crippen molar-refractivity contribution in [2.75, 3.05) is 18.4 Å². The average molecular weight is 265 g/mol. The smallest absolute Gasteiger partial charge is 0.409 e. The zero-order valence-corrected chi connectivity index (χ0v) is 10.2. The molecular weight excluding hydrogens is 250 g/mol. The normalized spacial score (nSPS) is 19.0. The molecule has 0 spiro atoms. The van der Waals surface area contributed by atoms with E-state index in [-0.39, 0.29) is 11.6 Å². The molecule has 1 aliphatic heterocycles. The molecule has 0 unspecified atom stereocenters. The summed E-state index contributed by atoms with van der Waals surface area (Å²) in [5.41, 5.74) is 0.549. The molecule has 0 radical (unpaired) electrons. The number of nitrogens with zero attached hydrogens (tertiary/aromatic N) is 2. The summed E-state index contributed by atoms with van der Waals surface area (Å²) in [6.07, 6.45) is 1.11. The van der Waals surface area contributed by atoms with Gasteiger partial charge in [-0.05, 0) is 25.0 Å². The lowest BCUT2D eigenvalue weighted by Crippen LogP contribution is -2.42. The van der Waals surface area contributed by atoms with Gasteiger partial charge in [-0.3, -0.25) is 10.1 Å². The fourth-order valence-corrected chi connectivity index (χ4v) is 2.02. The van der Waals surface area contributed by atoms with Crippen molar-refractivity contribution >= 4 is 17.7 Å². The Morgan fingerprint density at radius 2 is 2.21 bits per heavy atom. The van der Waals surface area contributed by atoms with Crippen molar-refractivity contribution < 1.29 is 19.8 Å². The number of carbonyl (C=O) groups excluding carboxylic acids is 1. The van der Waals surface area contributed by atoms with Gasteiger partial charge in [0.15, 0.2) is 0 Å². The molecule has 0 saturated carbocycles. The number of β-amino-alcohol motifs (C(OH)–C–C–N with tert-alkyl or cyclic N) is 1. The maximum atomic E-state index is 12.1. The number of carboxylic acid groups (broad SMARTS) is 1. The van der Waals surface area contributed by atoms with Gasteiger partial charge in [0.2, 0.25) is 0 Å². The number of likely N-dealkylation sites (tertiary alicyclic amines) is 1. The maximum Gasteiger partial charge on any atom is 0.409 e. The SMILES string of the molecule is O=C(O)Nc1ccc(C(=O)N2CCC[C@H](O)C2)nc1. The topological polar surface area (TPSA) is 103 Å². The predicted octanol–water partition coefficient (Wildman–Crippen LogP) is 0.768. The van der Waals surface area contributed by atoms with Crippen molar-refractivity contribution in [2.45, 2.75) is 18.9 Å². The van der Waals surface area contributed by atoms with Crippen molar-refractivity contribution in [2.24, 2.45) is 0 Å². The van der Waals surface area contributed by atoms with E-state index >= 15 is 0 Å². The Morgan fingerprint density at radius 1 is 1.42 bits per heavy atom. The Bertz CT molecular complexity index is 474. The molecule has 7 heteroatoms. The molecular formula is C12H15N3O4. The van der Waals surface area contributed by atoms with Crippen molar-refractivity contribution in [3.8, 4) is 0 Å². The van der Waals surface area contributed by atoms with Crippen molar-refractivity contribution in [3.63, 3.8) is 0 Å². The molecule has 3 N–H and O–H groups in total. The van der Waals surface area contributed by atoms with E-state index in [0.717, 1.165) is 6.42 Å². The number of amides is 2. The molecule has 7 nitrogen and oxygen atoms in total. The van der Waals surface area contributed by atoms with Crippen LogP contribution in [0.1, 0.15) is 23.3 Å². The predicted molar refractivity (Wildman–Crippen MR) is 67.0 cm³/mol. The van der Waals surface area contributed by atoms with Crippen LogP contribution >= 0.6 is 0 Å². The number of aliphatic hydroxyl groups excluding tert-OH is 1. The van der Waals surface area contributed by atoms with Gasteiger partial charge in [-0.25, -0.2) is 9.78 Å². The molecule has 19 heavy (non-hydrogen) atoms. The quantitative estimate of drug-likeness (QED) is 0.732. The Hall–Kier alpha value is -2.15. The number of piperidine rings is 1. The van der Waals surface area contributed by atoms with E-state index in [1.807, 2.05) is 0 Å². The fraction of sp³-hybridized carbons (Fsp3) is 0.417. The van der Waals surface area contributed by atoms with Gasteiger partial charge in [0.05, 0.1) is 18.0 Å². The molecule has 1 aliphatic rings. The average Bonchev–Trinajstić information content (AvgIpc) is 2.38. The fourth-order valence-electron chi connectivity index (χ4n) is 2.02. The molecule has 2 heterocycles. The van der Waals surface area contributed by atoms with E-state index in [4.69, 9.17) is 5.11 Å². The largest absolute Gasteiger partial charge is 0.465 e. The molecule has 0 aromatic carbocycles. The van der Waals surface area contributed by atoms with E-state index in [2.05, 4.69) is 10.3 Å². The van der Waals surface area contributed by atoms with Crippen molar-refractivity contribution in [1.82, 2.24) is 9.88 Å². The second-order valence-electron chi connectivity index (χ2n) is 4.41. The number of aliphatic hydroxyl groups is 1. The highest BCUT2D eigenvalue weighted by Gasteiger charge is 2.23. The molecule has 1 aromatic heterocycles. The Kier molecular flexibility index (Phi) is 3.96. The van der Waals surface area contributed by atoms with E-state index in [1.54, 1.807) is 4.90 Å². The highest BCUT2D eigenvalue weighted by atomic mass is 16.4. The van der Waals surface area contributed by atoms with Crippen LogP contribution in [0.25, 0.3) is 0 Å². The summed E-state index contributed by atoms with van der Waals surface area (Å²) in [6.45, 7) is 0.919. The molecule has 2 amide bonds. The zero-order chi connectivity index (χ0) is 13.8. The second-order valence-corrected chi connectivity index (χ2v) is 4.41. The minimum Gasteiger partial charge on any atom is -0.465 e. The Labute approximate surface area is 109 Å². The number of pyridine rings is 1. The van der Waals surface area contributed by atoms with Crippen LogP contribution in [0.3, 0.4) is 0 Å². The van der Waals surface area contributed by atoms with E-state index in [1.165, 1.54) is 18.3 Å². The first-order chi connectivity index (χ1) is 9.06. The van der Waals surface area contributed by atoms with Crippen LogP contribution in [-0.2, 0) is 0 Å². The summed E-state index contributed by atoms with van der Waals surface area (Å²) in [5, 5.41) is 20.2. The van der Waals surface area contributed by atoms with Crippen LogP contribution in [0.2, 0.25) is 0 Å². The minimum atomic E-state index is -1.18. The Balaban J connectivity index is 2.04. The highest BCUT2D eigenvalue weighted by molar-refractivity contribution is 5.93. The standard InChI is InChI=1S/C12H15N3O4/c16-9-2-1-5-15(7-9)11(17)10-4-3-8(6-13-10)14-12(18)19/h3-4,6,9,14,16H,1-2,5,7H2,(H,18,19)/t9-/m0/s1. The van der Waals surface area contributed by atoms with Gasteiger partial charge in [0.25, 0.3) is 5.91 Å². The lowest BCUT2D eigenvalue weighted by molar-refractivity contribution is 0.0469. The first-order valence-electron chi connectivity index (χ1n) is 5.99. The number of aromatic nitrogens is 1. The molecule has 1 atom stereocenters. The number of anilines is 1. The zero-order valence-electron chi connectivity index (χ0n) is 10.2. The van der Waals surface area contributed by atoms with Gasteiger partial charge in [0, 0.05) is 13.1 Å². The van der Waals surface area contributed by atoms with Crippen LogP contribution in [0.5, 0.6) is 0 Å². The third-order valence-corrected chi connectivity index (χ3v) is 2.92. The van der Waals surface area contributed by atoms with Crippen LogP contribution in [0.15, 0.2) is 18.3 Å². The molecule has 102 valence electrons. The third-order valence-electron chi connectivity index (χ3n) is 2.92. The van der Waals surface area contributed by atoms with Gasteiger partial charge in [-0.15, -0.1) is 0 Å². The summed E-state index contributed by atoms with van der Waals surface area (Å²) in [5.74, 6) is -0.249. The first kappa shape index (κ1) is 13.3. The number of carbonyl (C=O) groups is 2. The molecule has 1 aromatic rings. The number of hydrogen-bond acceptors (Lipinski definition) is 4. The van der Waals surface area contributed by atoms with Crippen LogP contribution in [-0.4, -0.2) is 51.3 Å². The lowest BCUT2D eigenvalue weighted by atomic mass is 10.1. The van der Waals surface area contributed by atoms with Gasteiger partial charge in [0.1, 0.15) is 5.69 Å². The molecule has 0 aliphatic carbocycles. The number of rotatable bonds is 2. The van der Waals surface area contributed by atoms with E-state index in [9.17, 15) is 14.7 Å². The second kappa shape index (κ2) is 5.66. The van der Waals surface area contributed by atoms with Crippen molar-refractivity contribution in [1.29, 1.82) is 0 Å². The summed E-state index contributed by atoms with van der Waals surface area (Å²) in [4.78, 5) is 28.0.